The van der Waals surface area contributed by atoms with Crippen LogP contribution in [0.4, 0.5) is 0 Å². The normalized spacial score (nSPS) is 11.6. The number of methoxy groups -OCH3 is 1. The van der Waals surface area contributed by atoms with E-state index in [0.717, 1.165) is 23.4 Å². The van der Waals surface area contributed by atoms with Gasteiger partial charge in [0.05, 0.1) is 7.11 Å². The minimum absolute atomic E-state index is 0.0198. The third-order valence-electron chi connectivity index (χ3n) is 2.76. The van der Waals surface area contributed by atoms with Gasteiger partial charge in [0.1, 0.15) is 5.75 Å². The van der Waals surface area contributed by atoms with Crippen molar-refractivity contribution in [1.29, 1.82) is 0 Å². The number of benzene rings is 1. The van der Waals surface area contributed by atoms with Crippen molar-refractivity contribution in [2.45, 2.75) is 19.3 Å². The van der Waals surface area contributed by atoms with Crippen molar-refractivity contribution in [3.05, 3.63) is 28.2 Å². The van der Waals surface area contributed by atoms with Gasteiger partial charge in [-0.05, 0) is 25.2 Å². The molecule has 0 saturated heterocycles. The zero-order chi connectivity index (χ0) is 12.9. The molecule has 0 fully saturated rings. The highest BCUT2D eigenvalue weighted by molar-refractivity contribution is 9.10. The van der Waals surface area contributed by atoms with Gasteiger partial charge in [0.25, 0.3) is 0 Å². The molecule has 0 aliphatic carbocycles. The van der Waals surface area contributed by atoms with Crippen molar-refractivity contribution < 1.29 is 4.74 Å². The number of nitrogens with one attached hydrogen (secondary N) is 2. The maximum absolute atomic E-state index is 5.43. The lowest BCUT2D eigenvalue weighted by Gasteiger charge is -2.27. The van der Waals surface area contributed by atoms with Gasteiger partial charge >= 0.3 is 0 Å². The summed E-state index contributed by atoms with van der Waals surface area (Å²) in [5.41, 5.74) is 1.23. The molecule has 4 heteroatoms. The zero-order valence-electron chi connectivity index (χ0n) is 10.9. The van der Waals surface area contributed by atoms with Crippen molar-refractivity contribution >= 4 is 15.9 Å². The Hall–Kier alpha value is -0.580. The molecule has 0 aliphatic rings. The molecule has 17 heavy (non-hydrogen) atoms. The van der Waals surface area contributed by atoms with Gasteiger partial charge in [-0.1, -0.05) is 29.8 Å². The average molecular weight is 301 g/mol. The van der Waals surface area contributed by atoms with E-state index < -0.39 is 0 Å². The monoisotopic (exact) mass is 300 g/mol. The van der Waals surface area contributed by atoms with Crippen LogP contribution < -0.4 is 15.4 Å². The fraction of sp³-hybridized carbons (Fsp3) is 0.538. The maximum Gasteiger partial charge on any atom is 0.122 e. The summed E-state index contributed by atoms with van der Waals surface area (Å²) in [6, 6.07) is 6.12. The molecule has 1 rings (SSSR count). The van der Waals surface area contributed by atoms with Gasteiger partial charge < -0.3 is 15.4 Å². The lowest BCUT2D eigenvalue weighted by atomic mass is 9.84. The van der Waals surface area contributed by atoms with Gasteiger partial charge in [-0.25, -0.2) is 0 Å². The Kier molecular flexibility index (Phi) is 5.43. The minimum Gasteiger partial charge on any atom is -0.496 e. The smallest absolute Gasteiger partial charge is 0.122 e. The van der Waals surface area contributed by atoms with Crippen LogP contribution in [0.15, 0.2) is 22.7 Å². The lowest BCUT2D eigenvalue weighted by Crippen LogP contribution is -2.37. The number of halogens is 1. The number of rotatable bonds is 6. The molecular formula is C13H21BrN2O. The Labute approximate surface area is 112 Å². The Morgan fingerprint density at radius 1 is 1.35 bits per heavy atom. The molecule has 1 aromatic rings. The molecule has 0 spiro atoms. The van der Waals surface area contributed by atoms with E-state index in [1.807, 2.05) is 19.2 Å². The van der Waals surface area contributed by atoms with Crippen molar-refractivity contribution in [3.8, 4) is 5.75 Å². The van der Waals surface area contributed by atoms with E-state index >= 15 is 0 Å². The molecule has 0 saturated carbocycles. The van der Waals surface area contributed by atoms with Crippen molar-refractivity contribution in [2.75, 3.05) is 27.4 Å². The minimum atomic E-state index is 0.0198. The fourth-order valence-electron chi connectivity index (χ4n) is 1.80. The number of hydrogen-bond acceptors (Lipinski definition) is 3. The largest absolute Gasteiger partial charge is 0.496 e. The van der Waals surface area contributed by atoms with Gasteiger partial charge in [0.2, 0.25) is 0 Å². The predicted octanol–water partition coefficient (Wildman–Crippen LogP) is 2.50. The average Bonchev–Trinajstić information content (AvgIpc) is 2.29. The van der Waals surface area contributed by atoms with Gasteiger partial charge in [-0.15, -0.1) is 0 Å². The Morgan fingerprint density at radius 3 is 2.65 bits per heavy atom. The molecule has 0 heterocycles. The summed E-state index contributed by atoms with van der Waals surface area (Å²) >= 11 is 3.51. The molecule has 0 amide bonds. The van der Waals surface area contributed by atoms with Gasteiger partial charge in [-0.2, -0.15) is 0 Å². The Balaban J connectivity index is 2.91. The standard InChI is InChI=1S/C13H21BrN2O/c1-13(2,8-16-9-15-3)11-7-10(14)5-6-12(11)17-4/h5-7,15-16H,8-9H2,1-4H3. The second-order valence-electron chi connectivity index (χ2n) is 4.69. The summed E-state index contributed by atoms with van der Waals surface area (Å²) in [5.74, 6) is 0.935. The summed E-state index contributed by atoms with van der Waals surface area (Å²) in [5, 5.41) is 6.44. The van der Waals surface area contributed by atoms with E-state index in [1.54, 1.807) is 7.11 Å². The summed E-state index contributed by atoms with van der Waals surface area (Å²) in [4.78, 5) is 0. The highest BCUT2D eigenvalue weighted by Crippen LogP contribution is 2.33. The summed E-state index contributed by atoms with van der Waals surface area (Å²) in [7, 11) is 3.64. The quantitative estimate of drug-likeness (QED) is 0.626. The second-order valence-corrected chi connectivity index (χ2v) is 5.60. The van der Waals surface area contributed by atoms with E-state index in [2.05, 4.69) is 46.5 Å². The summed E-state index contributed by atoms with van der Waals surface area (Å²) in [6.45, 7) is 6.11. The van der Waals surface area contributed by atoms with E-state index in [9.17, 15) is 0 Å². The summed E-state index contributed by atoms with van der Waals surface area (Å²) in [6.07, 6.45) is 0. The topological polar surface area (TPSA) is 33.3 Å². The molecule has 0 radical (unpaired) electrons. The molecule has 3 nitrogen and oxygen atoms in total. The van der Waals surface area contributed by atoms with E-state index in [1.165, 1.54) is 5.56 Å². The lowest BCUT2D eigenvalue weighted by molar-refractivity contribution is 0.384. The molecule has 0 unspecified atom stereocenters. The highest BCUT2D eigenvalue weighted by Gasteiger charge is 2.24. The zero-order valence-corrected chi connectivity index (χ0v) is 12.5. The molecule has 0 aliphatic heterocycles. The predicted molar refractivity (Wildman–Crippen MR) is 75.6 cm³/mol. The highest BCUT2D eigenvalue weighted by atomic mass is 79.9. The van der Waals surface area contributed by atoms with Crippen molar-refractivity contribution in [3.63, 3.8) is 0 Å². The summed E-state index contributed by atoms with van der Waals surface area (Å²) < 4.78 is 6.51. The van der Waals surface area contributed by atoms with Crippen LogP contribution in [0.2, 0.25) is 0 Å². The Bertz CT molecular complexity index is 366. The van der Waals surface area contributed by atoms with Crippen LogP contribution >= 0.6 is 15.9 Å². The molecule has 2 N–H and O–H groups in total. The van der Waals surface area contributed by atoms with Crippen LogP contribution in [-0.4, -0.2) is 27.4 Å². The third kappa shape index (κ3) is 3.98. The van der Waals surface area contributed by atoms with Crippen LogP contribution in [0.3, 0.4) is 0 Å². The number of hydrogen-bond donors (Lipinski definition) is 2. The maximum atomic E-state index is 5.43. The van der Waals surface area contributed by atoms with E-state index in [-0.39, 0.29) is 5.41 Å². The number of ether oxygens (including phenoxy) is 1. The van der Waals surface area contributed by atoms with Crippen molar-refractivity contribution in [1.82, 2.24) is 10.6 Å². The first kappa shape index (κ1) is 14.5. The molecule has 96 valence electrons. The van der Waals surface area contributed by atoms with Gasteiger partial charge in [0, 0.05) is 28.7 Å². The van der Waals surface area contributed by atoms with Crippen LogP contribution in [0, 0.1) is 0 Å². The molecule has 0 aromatic heterocycles. The second kappa shape index (κ2) is 6.38. The van der Waals surface area contributed by atoms with E-state index in [0.29, 0.717) is 0 Å². The van der Waals surface area contributed by atoms with Gasteiger partial charge in [0.15, 0.2) is 0 Å². The first-order valence-electron chi connectivity index (χ1n) is 5.70. The van der Waals surface area contributed by atoms with Crippen LogP contribution in [0.25, 0.3) is 0 Å². The molecule has 0 bridgehead atoms. The molecule has 1 aromatic carbocycles. The van der Waals surface area contributed by atoms with Crippen molar-refractivity contribution in [2.24, 2.45) is 0 Å². The first-order valence-corrected chi connectivity index (χ1v) is 6.50. The van der Waals surface area contributed by atoms with Gasteiger partial charge in [-0.3, -0.25) is 0 Å². The fourth-order valence-corrected chi connectivity index (χ4v) is 2.17. The SMILES string of the molecule is CNCNCC(C)(C)c1cc(Br)ccc1OC. The van der Waals surface area contributed by atoms with Crippen LogP contribution in [-0.2, 0) is 5.41 Å². The van der Waals surface area contributed by atoms with Crippen LogP contribution in [0.5, 0.6) is 5.75 Å². The van der Waals surface area contributed by atoms with Crippen LogP contribution in [0.1, 0.15) is 19.4 Å². The molecule has 0 atom stereocenters. The Morgan fingerprint density at radius 2 is 2.06 bits per heavy atom. The third-order valence-corrected chi connectivity index (χ3v) is 3.25. The first-order chi connectivity index (χ1) is 8.01. The molecular weight excluding hydrogens is 280 g/mol. The van der Waals surface area contributed by atoms with E-state index in [4.69, 9.17) is 4.74 Å².